The molecule has 18 heavy (non-hydrogen) atoms. The quantitative estimate of drug-likeness (QED) is 0.846. The molecule has 5 heteroatoms. The summed E-state index contributed by atoms with van der Waals surface area (Å²) in [6.45, 7) is 1.94. The smallest absolute Gasteiger partial charge is 0.303 e. The molecule has 0 aliphatic rings. The van der Waals surface area contributed by atoms with Crippen LogP contribution in [0.3, 0.4) is 0 Å². The molecule has 0 amide bonds. The lowest BCUT2D eigenvalue weighted by molar-refractivity contribution is -0.137. The minimum absolute atomic E-state index is 0.0619. The number of hydrogen-bond donors (Lipinski definition) is 2. The van der Waals surface area contributed by atoms with Crippen LogP contribution in [0.1, 0.15) is 36.5 Å². The number of aliphatic hydroxyl groups is 1. The summed E-state index contributed by atoms with van der Waals surface area (Å²) in [5, 5.41) is 18.6. The second-order valence-corrected chi connectivity index (χ2v) is 5.00. The Bertz CT molecular complexity index is 431. The van der Waals surface area contributed by atoms with Crippen LogP contribution in [-0.2, 0) is 4.79 Å². The Labute approximate surface area is 115 Å². The molecule has 0 bridgehead atoms. The number of aryl methyl sites for hydroxylation is 1. The van der Waals surface area contributed by atoms with Crippen LogP contribution in [0.15, 0.2) is 16.6 Å². The minimum atomic E-state index is -0.848. The normalized spacial score (nSPS) is 12.2. The summed E-state index contributed by atoms with van der Waals surface area (Å²) >= 11 is 3.41. The summed E-state index contributed by atoms with van der Waals surface area (Å²) in [6.07, 6.45) is 0.187. The molecule has 0 saturated heterocycles. The van der Waals surface area contributed by atoms with Gasteiger partial charge in [0.1, 0.15) is 5.75 Å². The molecule has 0 spiro atoms. The fourth-order valence-corrected chi connectivity index (χ4v) is 2.07. The monoisotopic (exact) mass is 316 g/mol. The molecule has 4 nitrogen and oxygen atoms in total. The number of aliphatic carboxylic acids is 1. The highest BCUT2D eigenvalue weighted by molar-refractivity contribution is 9.10. The predicted octanol–water partition coefficient (Wildman–Crippen LogP) is 3.05. The van der Waals surface area contributed by atoms with E-state index in [-0.39, 0.29) is 6.42 Å². The van der Waals surface area contributed by atoms with Crippen LogP contribution >= 0.6 is 15.9 Å². The van der Waals surface area contributed by atoms with Gasteiger partial charge in [-0.25, -0.2) is 0 Å². The molecular formula is C13H17BrO4. The van der Waals surface area contributed by atoms with Crippen molar-refractivity contribution >= 4 is 21.9 Å². The van der Waals surface area contributed by atoms with Crippen LogP contribution in [-0.4, -0.2) is 23.3 Å². The first-order valence-electron chi connectivity index (χ1n) is 5.69. The first kappa shape index (κ1) is 15.0. The third kappa shape index (κ3) is 3.99. The van der Waals surface area contributed by atoms with E-state index in [1.54, 1.807) is 7.11 Å². The number of rotatable bonds is 6. The van der Waals surface area contributed by atoms with Gasteiger partial charge in [-0.1, -0.05) is 15.9 Å². The van der Waals surface area contributed by atoms with Crippen molar-refractivity contribution in [2.75, 3.05) is 7.11 Å². The summed E-state index contributed by atoms with van der Waals surface area (Å²) in [4.78, 5) is 10.4. The highest BCUT2D eigenvalue weighted by Crippen LogP contribution is 2.33. The third-order valence-electron chi connectivity index (χ3n) is 2.74. The molecular weight excluding hydrogens is 300 g/mol. The standard InChI is InChI=1S/C13H17BrO4/c1-8-6-12(18-2)9(7-10(8)14)11(15)4-3-5-13(16)17/h6-7,11,15H,3-5H2,1-2H3,(H,16,17)/t11-/m0/s1. The number of ether oxygens (including phenoxy) is 1. The summed E-state index contributed by atoms with van der Waals surface area (Å²) in [5.74, 6) is -0.224. The van der Waals surface area contributed by atoms with Crippen molar-refractivity contribution in [1.82, 2.24) is 0 Å². The van der Waals surface area contributed by atoms with Gasteiger partial charge in [-0.05, 0) is 37.5 Å². The average molecular weight is 317 g/mol. The fourth-order valence-electron chi connectivity index (χ4n) is 1.71. The highest BCUT2D eigenvalue weighted by atomic mass is 79.9. The lowest BCUT2D eigenvalue weighted by atomic mass is 10.0. The number of benzene rings is 1. The lowest BCUT2D eigenvalue weighted by Crippen LogP contribution is -2.03. The zero-order chi connectivity index (χ0) is 13.7. The van der Waals surface area contributed by atoms with E-state index in [1.807, 2.05) is 19.1 Å². The van der Waals surface area contributed by atoms with Gasteiger partial charge >= 0.3 is 5.97 Å². The van der Waals surface area contributed by atoms with Crippen molar-refractivity contribution in [2.45, 2.75) is 32.3 Å². The van der Waals surface area contributed by atoms with Gasteiger partial charge in [-0.3, -0.25) is 4.79 Å². The molecule has 0 heterocycles. The lowest BCUT2D eigenvalue weighted by Gasteiger charge is -2.16. The van der Waals surface area contributed by atoms with Crippen LogP contribution in [0.5, 0.6) is 5.75 Å². The molecule has 1 aromatic carbocycles. The average Bonchev–Trinajstić information content (AvgIpc) is 2.31. The number of halogens is 1. The second kappa shape index (κ2) is 6.75. The van der Waals surface area contributed by atoms with E-state index < -0.39 is 12.1 Å². The summed E-state index contributed by atoms with van der Waals surface area (Å²) < 4.78 is 6.13. The minimum Gasteiger partial charge on any atom is -0.496 e. The Morgan fingerprint density at radius 1 is 1.50 bits per heavy atom. The molecule has 0 saturated carbocycles. The third-order valence-corrected chi connectivity index (χ3v) is 3.59. The van der Waals surface area contributed by atoms with Crippen LogP contribution in [0, 0.1) is 6.92 Å². The highest BCUT2D eigenvalue weighted by Gasteiger charge is 2.15. The molecule has 100 valence electrons. The van der Waals surface area contributed by atoms with Gasteiger partial charge in [0.15, 0.2) is 0 Å². The molecule has 0 aliphatic carbocycles. The zero-order valence-electron chi connectivity index (χ0n) is 10.4. The fraction of sp³-hybridized carbons (Fsp3) is 0.462. The van der Waals surface area contributed by atoms with E-state index in [4.69, 9.17) is 9.84 Å². The van der Waals surface area contributed by atoms with Gasteiger partial charge in [0.25, 0.3) is 0 Å². The Morgan fingerprint density at radius 2 is 2.17 bits per heavy atom. The van der Waals surface area contributed by atoms with Crippen molar-refractivity contribution in [3.05, 3.63) is 27.7 Å². The van der Waals surface area contributed by atoms with Crippen LogP contribution < -0.4 is 4.74 Å². The molecule has 0 fully saturated rings. The summed E-state index contributed by atoms with van der Waals surface area (Å²) in [6, 6.07) is 3.67. The van der Waals surface area contributed by atoms with Crippen LogP contribution in [0.4, 0.5) is 0 Å². The number of carbonyl (C=O) groups is 1. The molecule has 1 rings (SSSR count). The summed E-state index contributed by atoms with van der Waals surface area (Å²) in [7, 11) is 1.55. The predicted molar refractivity (Wildman–Crippen MR) is 71.9 cm³/mol. The molecule has 0 aromatic heterocycles. The Kier molecular flexibility index (Phi) is 5.62. The van der Waals surface area contributed by atoms with Gasteiger partial charge in [-0.2, -0.15) is 0 Å². The van der Waals surface area contributed by atoms with Crippen molar-refractivity contribution in [3.8, 4) is 5.75 Å². The maximum Gasteiger partial charge on any atom is 0.303 e. The second-order valence-electron chi connectivity index (χ2n) is 4.15. The van der Waals surface area contributed by atoms with Crippen molar-refractivity contribution in [2.24, 2.45) is 0 Å². The largest absolute Gasteiger partial charge is 0.496 e. The van der Waals surface area contributed by atoms with Gasteiger partial charge < -0.3 is 14.9 Å². The molecule has 0 aliphatic heterocycles. The zero-order valence-corrected chi connectivity index (χ0v) is 12.0. The maximum absolute atomic E-state index is 10.4. The maximum atomic E-state index is 10.4. The van der Waals surface area contributed by atoms with Crippen LogP contribution in [0.25, 0.3) is 0 Å². The molecule has 0 unspecified atom stereocenters. The molecule has 2 N–H and O–H groups in total. The van der Waals surface area contributed by atoms with E-state index in [0.717, 1.165) is 10.0 Å². The van der Waals surface area contributed by atoms with Crippen molar-refractivity contribution < 1.29 is 19.7 Å². The van der Waals surface area contributed by atoms with E-state index in [9.17, 15) is 9.90 Å². The topological polar surface area (TPSA) is 66.8 Å². The van der Waals surface area contributed by atoms with E-state index in [2.05, 4.69) is 15.9 Å². The van der Waals surface area contributed by atoms with Gasteiger partial charge in [0.2, 0.25) is 0 Å². The number of methoxy groups -OCH3 is 1. The Balaban J connectivity index is 2.80. The van der Waals surface area contributed by atoms with Crippen molar-refractivity contribution in [1.29, 1.82) is 0 Å². The van der Waals surface area contributed by atoms with Gasteiger partial charge in [0, 0.05) is 16.5 Å². The van der Waals surface area contributed by atoms with E-state index >= 15 is 0 Å². The Hall–Kier alpha value is -1.07. The SMILES string of the molecule is COc1cc(C)c(Br)cc1[C@@H](O)CCCC(=O)O. The van der Waals surface area contributed by atoms with Gasteiger partial charge in [-0.15, -0.1) is 0 Å². The number of carboxylic acid groups (broad SMARTS) is 1. The van der Waals surface area contributed by atoms with E-state index in [1.165, 1.54) is 0 Å². The van der Waals surface area contributed by atoms with Gasteiger partial charge in [0.05, 0.1) is 13.2 Å². The van der Waals surface area contributed by atoms with Crippen LogP contribution in [0.2, 0.25) is 0 Å². The summed E-state index contributed by atoms with van der Waals surface area (Å²) in [5.41, 5.74) is 1.70. The molecule has 1 aromatic rings. The number of carboxylic acids is 1. The van der Waals surface area contributed by atoms with Crippen molar-refractivity contribution in [3.63, 3.8) is 0 Å². The first-order valence-corrected chi connectivity index (χ1v) is 6.49. The van der Waals surface area contributed by atoms with E-state index in [0.29, 0.717) is 24.2 Å². The Morgan fingerprint density at radius 3 is 2.72 bits per heavy atom. The molecule has 0 radical (unpaired) electrons. The number of hydrogen-bond acceptors (Lipinski definition) is 3. The number of aliphatic hydroxyl groups excluding tert-OH is 1. The molecule has 1 atom stereocenters. The first-order chi connectivity index (χ1) is 8.45.